The number of aromatic nitrogens is 3. The van der Waals surface area contributed by atoms with E-state index in [1.807, 2.05) is 37.4 Å². The van der Waals surface area contributed by atoms with Gasteiger partial charge < -0.3 is 14.8 Å². The molecule has 262 valence electrons. The lowest BCUT2D eigenvalue weighted by Crippen LogP contribution is -2.54. The Labute approximate surface area is 299 Å². The van der Waals surface area contributed by atoms with Crippen molar-refractivity contribution >= 4 is 46.4 Å². The van der Waals surface area contributed by atoms with Crippen LogP contribution in [0.1, 0.15) is 73.8 Å². The third-order valence-electron chi connectivity index (χ3n) is 10.5. The number of anilines is 1. The Hall–Kier alpha value is -6.17. The highest BCUT2D eigenvalue weighted by molar-refractivity contribution is 6.23. The van der Waals surface area contributed by atoms with E-state index in [1.54, 1.807) is 37.3 Å². The molecule has 8 rings (SSSR count). The van der Waals surface area contributed by atoms with Crippen molar-refractivity contribution in [2.45, 2.75) is 44.6 Å². The van der Waals surface area contributed by atoms with Crippen LogP contribution in [0.2, 0.25) is 0 Å². The van der Waals surface area contributed by atoms with Crippen LogP contribution in [0, 0.1) is 6.92 Å². The molecule has 3 aliphatic heterocycles. The predicted molar refractivity (Wildman–Crippen MR) is 195 cm³/mol. The molecule has 12 heteroatoms. The normalized spacial score (nSPS) is 17.9. The zero-order valence-corrected chi connectivity index (χ0v) is 29.1. The fraction of sp³-hybridized carbons (Fsp3) is 0.275. The van der Waals surface area contributed by atoms with Crippen LogP contribution in [0.5, 0.6) is 0 Å². The van der Waals surface area contributed by atoms with Gasteiger partial charge in [0.15, 0.2) is 5.65 Å². The maximum atomic E-state index is 13.3. The van der Waals surface area contributed by atoms with Crippen molar-refractivity contribution in [3.8, 4) is 22.4 Å². The lowest BCUT2D eigenvalue weighted by Gasteiger charge is -2.34. The number of benzene rings is 3. The van der Waals surface area contributed by atoms with Crippen molar-refractivity contribution in [1.82, 2.24) is 30.1 Å². The van der Waals surface area contributed by atoms with E-state index in [-0.39, 0.29) is 24.3 Å². The third-order valence-corrected chi connectivity index (χ3v) is 10.5. The van der Waals surface area contributed by atoms with Crippen molar-refractivity contribution in [2.24, 2.45) is 0 Å². The molecule has 3 aromatic carbocycles. The van der Waals surface area contributed by atoms with Gasteiger partial charge in [-0.1, -0.05) is 36.4 Å². The van der Waals surface area contributed by atoms with Crippen LogP contribution in [0.3, 0.4) is 0 Å². The van der Waals surface area contributed by atoms with E-state index >= 15 is 0 Å². The Bertz CT molecular complexity index is 2300. The quantitative estimate of drug-likeness (QED) is 0.234. The number of aromatic amines is 1. The number of nitrogens with one attached hydrogen (secondary N) is 2. The number of H-pyrrole nitrogens is 1. The van der Waals surface area contributed by atoms with Crippen molar-refractivity contribution in [1.29, 1.82) is 0 Å². The van der Waals surface area contributed by atoms with Crippen molar-refractivity contribution in [3.63, 3.8) is 0 Å². The molecule has 1 atom stereocenters. The molecule has 2 aromatic heterocycles. The Kier molecular flexibility index (Phi) is 8.16. The van der Waals surface area contributed by atoms with E-state index in [0.717, 1.165) is 70.0 Å². The molecule has 3 aliphatic rings. The summed E-state index contributed by atoms with van der Waals surface area (Å²) in [5, 5.41) is 2.24. The van der Waals surface area contributed by atoms with Gasteiger partial charge in [0, 0.05) is 62.2 Å². The smallest absolute Gasteiger partial charge is 0.262 e. The number of piperidine rings is 2. The topological polar surface area (TPSA) is 149 Å². The maximum absolute atomic E-state index is 13.3. The Morgan fingerprint density at radius 3 is 2.29 bits per heavy atom. The molecular weight excluding hydrogens is 658 g/mol. The molecule has 1 unspecified atom stereocenters. The summed E-state index contributed by atoms with van der Waals surface area (Å²) >= 11 is 0. The van der Waals surface area contributed by atoms with Gasteiger partial charge in [-0.2, -0.15) is 0 Å². The lowest BCUT2D eigenvalue weighted by molar-refractivity contribution is -0.136. The number of hydrogen-bond acceptors (Lipinski definition) is 8. The summed E-state index contributed by atoms with van der Waals surface area (Å²) in [4.78, 5) is 80.7. The van der Waals surface area contributed by atoms with E-state index in [9.17, 15) is 24.0 Å². The number of rotatable bonds is 6. The standard InChI is InChI=1S/C40H37N7O5/c1-22-18-26(8-10-28(22)38(50)45(2)3)31-20-41-36-35(31)43-32(21-42-36)25-6-4-23(5-7-25)24-14-16-46(17-15-24)27-9-11-29-30(19-27)40(52)47(39(29)51)33-12-13-34(48)44-37(33)49/h4-11,18-21,24,33H,12-17H2,1-3H3,(H,41,42)(H,44,48,49). The van der Waals surface area contributed by atoms with Gasteiger partial charge in [0.25, 0.3) is 17.7 Å². The second-order valence-corrected chi connectivity index (χ2v) is 13.9. The number of nitrogens with zero attached hydrogens (tertiary/aromatic N) is 5. The fourth-order valence-corrected chi connectivity index (χ4v) is 7.62. The van der Waals surface area contributed by atoms with Gasteiger partial charge in [-0.15, -0.1) is 0 Å². The highest BCUT2D eigenvalue weighted by atomic mass is 16.2. The highest BCUT2D eigenvalue weighted by Crippen LogP contribution is 2.36. The number of amides is 5. The Balaban J connectivity index is 0.943. The average molecular weight is 696 g/mol. The minimum atomic E-state index is -0.980. The first-order chi connectivity index (χ1) is 25.1. The summed E-state index contributed by atoms with van der Waals surface area (Å²) in [5.41, 5.74) is 9.34. The summed E-state index contributed by atoms with van der Waals surface area (Å²) in [7, 11) is 3.49. The van der Waals surface area contributed by atoms with Gasteiger partial charge in [0.2, 0.25) is 11.8 Å². The number of hydrogen-bond donors (Lipinski definition) is 2. The van der Waals surface area contributed by atoms with Crippen molar-refractivity contribution in [3.05, 3.63) is 101 Å². The van der Waals surface area contributed by atoms with Crippen LogP contribution in [-0.2, 0) is 9.59 Å². The van der Waals surface area contributed by atoms with Gasteiger partial charge in [-0.25, -0.2) is 9.97 Å². The van der Waals surface area contributed by atoms with E-state index in [2.05, 4.69) is 44.5 Å². The van der Waals surface area contributed by atoms with Crippen LogP contribution in [0.15, 0.2) is 73.1 Å². The molecule has 0 radical (unpaired) electrons. The first kappa shape index (κ1) is 33.0. The largest absolute Gasteiger partial charge is 0.371 e. The second-order valence-electron chi connectivity index (χ2n) is 13.9. The second kappa shape index (κ2) is 12.9. The van der Waals surface area contributed by atoms with Crippen LogP contribution in [-0.4, -0.2) is 87.5 Å². The molecule has 0 saturated carbocycles. The third kappa shape index (κ3) is 5.69. The molecule has 2 saturated heterocycles. The Morgan fingerprint density at radius 1 is 0.846 bits per heavy atom. The minimum Gasteiger partial charge on any atom is -0.371 e. The molecule has 52 heavy (non-hydrogen) atoms. The molecule has 2 fully saturated rings. The fourth-order valence-electron chi connectivity index (χ4n) is 7.62. The molecule has 0 aliphatic carbocycles. The maximum Gasteiger partial charge on any atom is 0.262 e. The van der Waals surface area contributed by atoms with Crippen LogP contribution >= 0.6 is 0 Å². The lowest BCUT2D eigenvalue weighted by atomic mass is 9.88. The summed E-state index contributed by atoms with van der Waals surface area (Å²) in [5.74, 6) is -1.67. The van der Waals surface area contributed by atoms with Crippen LogP contribution in [0.25, 0.3) is 33.5 Å². The first-order valence-electron chi connectivity index (χ1n) is 17.4. The number of carbonyl (C=O) groups is 5. The molecule has 2 N–H and O–H groups in total. The monoisotopic (exact) mass is 695 g/mol. The van der Waals surface area contributed by atoms with E-state index in [4.69, 9.17) is 4.98 Å². The van der Waals surface area contributed by atoms with E-state index < -0.39 is 29.7 Å². The number of imide groups is 2. The molecular formula is C40H37N7O5. The van der Waals surface area contributed by atoms with Gasteiger partial charge in [0.05, 0.1) is 23.0 Å². The summed E-state index contributed by atoms with van der Waals surface area (Å²) in [6, 6.07) is 18.6. The molecule has 5 amide bonds. The molecule has 5 aromatic rings. The Morgan fingerprint density at radius 2 is 1.58 bits per heavy atom. The predicted octanol–water partition coefficient (Wildman–Crippen LogP) is 5.09. The van der Waals surface area contributed by atoms with Crippen molar-refractivity contribution < 1.29 is 24.0 Å². The number of aryl methyl sites for hydroxylation is 1. The van der Waals surface area contributed by atoms with Gasteiger partial charge in [-0.05, 0) is 73.1 Å². The minimum absolute atomic E-state index is 0.0313. The van der Waals surface area contributed by atoms with Gasteiger partial charge in [-0.3, -0.25) is 34.2 Å². The summed E-state index contributed by atoms with van der Waals surface area (Å²) in [6.45, 7) is 3.51. The van der Waals surface area contributed by atoms with Crippen LogP contribution in [0.4, 0.5) is 5.69 Å². The van der Waals surface area contributed by atoms with E-state index in [1.165, 1.54) is 5.56 Å². The average Bonchev–Trinajstić information content (AvgIpc) is 3.68. The zero-order valence-electron chi connectivity index (χ0n) is 29.1. The van der Waals surface area contributed by atoms with E-state index in [0.29, 0.717) is 22.7 Å². The zero-order chi connectivity index (χ0) is 36.3. The molecule has 0 spiro atoms. The first-order valence-corrected chi connectivity index (χ1v) is 17.4. The summed E-state index contributed by atoms with van der Waals surface area (Å²) < 4.78 is 0. The summed E-state index contributed by atoms with van der Waals surface area (Å²) in [6.07, 6.45) is 5.74. The number of carbonyl (C=O) groups excluding carboxylic acids is 5. The van der Waals surface area contributed by atoms with Crippen LogP contribution < -0.4 is 10.2 Å². The van der Waals surface area contributed by atoms with Gasteiger partial charge >= 0.3 is 0 Å². The van der Waals surface area contributed by atoms with Gasteiger partial charge in [0.1, 0.15) is 11.6 Å². The molecule has 0 bridgehead atoms. The SMILES string of the molecule is Cc1cc(-c2c[nH]c3ncc(-c4ccc(C5CCN(c6ccc7c(c6)C(=O)N(C6CCC(=O)NC6=O)C7=O)CC5)cc4)nc23)ccc1C(=O)N(C)C. The highest BCUT2D eigenvalue weighted by Gasteiger charge is 2.44. The molecule has 5 heterocycles. The van der Waals surface area contributed by atoms with Crippen molar-refractivity contribution in [2.75, 3.05) is 32.1 Å². The number of fused-ring (bicyclic) bond motifs is 2. The molecule has 12 nitrogen and oxygen atoms in total.